The number of alkyl carbamates (subject to hydrolysis) is 1. The molecule has 0 aliphatic rings. The number of nitrogens with one attached hydrogen (secondary N) is 2. The van der Waals surface area contributed by atoms with Gasteiger partial charge in [0.15, 0.2) is 0 Å². The second-order valence-corrected chi connectivity index (χ2v) is 10.4. The van der Waals surface area contributed by atoms with Crippen molar-refractivity contribution in [1.29, 1.82) is 0 Å². The van der Waals surface area contributed by atoms with Crippen LogP contribution in [0.25, 0.3) is 0 Å². The normalized spacial score (nSPS) is 13.6. The van der Waals surface area contributed by atoms with Gasteiger partial charge >= 0.3 is 6.09 Å². The summed E-state index contributed by atoms with van der Waals surface area (Å²) >= 11 is 0. The third-order valence-electron chi connectivity index (χ3n) is 4.70. The number of carbonyl (C=O) groups is 3. The molecule has 0 fully saturated rings. The van der Waals surface area contributed by atoms with E-state index in [1.807, 2.05) is 59.7 Å². The monoisotopic (exact) mass is 463 g/mol. The minimum Gasteiger partial charge on any atom is -0.444 e. The summed E-state index contributed by atoms with van der Waals surface area (Å²) < 4.78 is 5.24. The first kappa shape index (κ1) is 28.4. The third kappa shape index (κ3) is 9.04. The van der Waals surface area contributed by atoms with Gasteiger partial charge in [0.2, 0.25) is 11.8 Å². The number of nitrogens with zero attached hydrogens (tertiary/aromatic N) is 1. The van der Waals surface area contributed by atoms with Gasteiger partial charge in [-0.25, -0.2) is 4.79 Å². The molecule has 0 radical (unpaired) electrons. The predicted molar refractivity (Wildman–Crippen MR) is 129 cm³/mol. The molecule has 3 N–H and O–H groups in total. The summed E-state index contributed by atoms with van der Waals surface area (Å²) in [5, 5.41) is 15.3. The highest BCUT2D eigenvalue weighted by Crippen LogP contribution is 2.27. The number of carbonyl (C=O) groups excluding carboxylic acids is 3. The van der Waals surface area contributed by atoms with Crippen LogP contribution < -0.4 is 10.6 Å². The van der Waals surface area contributed by atoms with Gasteiger partial charge in [0.25, 0.3) is 0 Å². The molecule has 1 aromatic carbocycles. The van der Waals surface area contributed by atoms with Crippen LogP contribution in [0.1, 0.15) is 77.6 Å². The second-order valence-electron chi connectivity index (χ2n) is 10.4. The van der Waals surface area contributed by atoms with E-state index in [4.69, 9.17) is 4.74 Å². The third-order valence-corrected chi connectivity index (χ3v) is 4.70. The number of hydrogen-bond acceptors (Lipinski definition) is 5. The van der Waals surface area contributed by atoms with Gasteiger partial charge in [-0.05, 0) is 72.9 Å². The van der Waals surface area contributed by atoms with E-state index in [9.17, 15) is 19.5 Å². The molecule has 1 rings (SSSR count). The largest absolute Gasteiger partial charge is 0.444 e. The molecule has 1 aromatic rings. The van der Waals surface area contributed by atoms with E-state index in [2.05, 4.69) is 10.6 Å². The van der Waals surface area contributed by atoms with Crippen molar-refractivity contribution in [2.24, 2.45) is 0 Å². The van der Waals surface area contributed by atoms with E-state index in [1.54, 1.807) is 20.8 Å². The van der Waals surface area contributed by atoms with Crippen LogP contribution in [0.4, 0.5) is 4.79 Å². The Morgan fingerprint density at radius 1 is 1.09 bits per heavy atom. The van der Waals surface area contributed by atoms with Crippen LogP contribution in [0, 0.1) is 13.8 Å². The molecule has 3 amide bonds. The van der Waals surface area contributed by atoms with Gasteiger partial charge in [-0.3, -0.25) is 9.59 Å². The van der Waals surface area contributed by atoms with E-state index < -0.39 is 41.8 Å². The zero-order valence-corrected chi connectivity index (χ0v) is 21.5. The predicted octanol–water partition coefficient (Wildman–Crippen LogP) is 3.38. The Bertz CT molecular complexity index is 839. The Hall–Kier alpha value is -2.61. The Balaban J connectivity index is 3.42. The molecular weight excluding hydrogens is 422 g/mol. The maximum absolute atomic E-state index is 13.5. The number of benzene rings is 1. The molecule has 0 aromatic heterocycles. The fourth-order valence-corrected chi connectivity index (χ4v) is 3.46. The molecule has 0 spiro atoms. The molecule has 0 aliphatic heterocycles. The zero-order valence-electron chi connectivity index (χ0n) is 21.5. The summed E-state index contributed by atoms with van der Waals surface area (Å²) in [4.78, 5) is 40.7. The van der Waals surface area contributed by atoms with Crippen LogP contribution >= 0.6 is 0 Å². The average molecular weight is 464 g/mol. The van der Waals surface area contributed by atoms with Crippen LogP contribution in [0.5, 0.6) is 0 Å². The first-order chi connectivity index (χ1) is 15.1. The summed E-state index contributed by atoms with van der Waals surface area (Å²) in [6.45, 7) is 16.1. The molecule has 0 aliphatic carbocycles. The van der Waals surface area contributed by atoms with Gasteiger partial charge in [-0.15, -0.1) is 0 Å². The Morgan fingerprint density at radius 3 is 2.15 bits per heavy atom. The van der Waals surface area contributed by atoms with Gasteiger partial charge in [0.1, 0.15) is 17.7 Å². The SMILES string of the molecule is CCCN(C(=O)C(CO)NC(=O)OC(C)(C)C)C(C(=O)NC(C)(C)C)c1ccc(C)cc1C. The number of hydrogen-bond donors (Lipinski definition) is 3. The lowest BCUT2D eigenvalue weighted by molar-refractivity contribution is -0.143. The van der Waals surface area contributed by atoms with E-state index in [0.29, 0.717) is 12.0 Å². The summed E-state index contributed by atoms with van der Waals surface area (Å²) in [5.41, 5.74) is 1.33. The molecule has 2 atom stereocenters. The number of rotatable bonds is 8. The van der Waals surface area contributed by atoms with Crippen molar-refractivity contribution in [3.05, 3.63) is 34.9 Å². The van der Waals surface area contributed by atoms with Gasteiger partial charge in [-0.2, -0.15) is 0 Å². The first-order valence-electron chi connectivity index (χ1n) is 11.4. The maximum Gasteiger partial charge on any atom is 0.408 e. The summed E-state index contributed by atoms with van der Waals surface area (Å²) in [7, 11) is 0. The number of aliphatic hydroxyl groups is 1. The Labute approximate surface area is 198 Å². The Morgan fingerprint density at radius 2 is 1.70 bits per heavy atom. The lowest BCUT2D eigenvalue weighted by atomic mass is 9.95. The number of amides is 3. The quantitative estimate of drug-likeness (QED) is 0.548. The summed E-state index contributed by atoms with van der Waals surface area (Å²) in [6, 6.07) is 3.54. The summed E-state index contributed by atoms with van der Waals surface area (Å²) in [6.07, 6.45) is -0.228. The number of ether oxygens (including phenoxy) is 1. The smallest absolute Gasteiger partial charge is 0.408 e. The van der Waals surface area contributed by atoms with Crippen molar-refractivity contribution in [2.75, 3.05) is 13.2 Å². The van der Waals surface area contributed by atoms with E-state index >= 15 is 0 Å². The van der Waals surface area contributed by atoms with E-state index in [-0.39, 0.29) is 12.5 Å². The molecular formula is C25H41N3O5. The topological polar surface area (TPSA) is 108 Å². The highest BCUT2D eigenvalue weighted by molar-refractivity contribution is 5.92. The van der Waals surface area contributed by atoms with E-state index in [1.165, 1.54) is 4.90 Å². The molecule has 8 heteroatoms. The number of aryl methyl sites for hydroxylation is 2. The van der Waals surface area contributed by atoms with Gasteiger partial charge in [0.05, 0.1) is 6.61 Å². The minimum absolute atomic E-state index is 0.265. The molecule has 0 bridgehead atoms. The van der Waals surface area contributed by atoms with Crippen molar-refractivity contribution >= 4 is 17.9 Å². The van der Waals surface area contributed by atoms with Crippen LogP contribution in [0.2, 0.25) is 0 Å². The maximum atomic E-state index is 13.5. The van der Waals surface area contributed by atoms with Crippen molar-refractivity contribution < 1.29 is 24.2 Å². The zero-order chi connectivity index (χ0) is 25.6. The van der Waals surface area contributed by atoms with Crippen molar-refractivity contribution in [3.8, 4) is 0 Å². The molecule has 0 saturated carbocycles. The van der Waals surface area contributed by atoms with Crippen LogP contribution in [0.15, 0.2) is 18.2 Å². The minimum atomic E-state index is -1.25. The molecule has 186 valence electrons. The van der Waals surface area contributed by atoms with Crippen molar-refractivity contribution in [2.45, 2.75) is 92.0 Å². The molecule has 2 unspecified atom stereocenters. The fourth-order valence-electron chi connectivity index (χ4n) is 3.46. The Kier molecular flexibility index (Phi) is 9.90. The molecule has 0 saturated heterocycles. The lowest BCUT2D eigenvalue weighted by Crippen LogP contribution is -2.56. The molecule has 8 nitrogen and oxygen atoms in total. The van der Waals surface area contributed by atoms with Gasteiger partial charge in [-0.1, -0.05) is 30.7 Å². The van der Waals surface area contributed by atoms with Gasteiger partial charge in [0, 0.05) is 12.1 Å². The van der Waals surface area contributed by atoms with Gasteiger partial charge < -0.3 is 25.4 Å². The van der Waals surface area contributed by atoms with Crippen molar-refractivity contribution in [1.82, 2.24) is 15.5 Å². The van der Waals surface area contributed by atoms with Crippen LogP contribution in [-0.2, 0) is 14.3 Å². The molecule has 33 heavy (non-hydrogen) atoms. The first-order valence-corrected chi connectivity index (χ1v) is 11.4. The fraction of sp³-hybridized carbons (Fsp3) is 0.640. The van der Waals surface area contributed by atoms with E-state index in [0.717, 1.165) is 11.1 Å². The standard InChI is InChI=1S/C25H41N3O5/c1-10-13-28(22(31)19(15-29)26-23(32)33-25(7,8)9)20(21(30)27-24(4,5)6)18-12-11-16(2)14-17(18)3/h11-12,14,19-20,29H,10,13,15H2,1-9H3,(H,26,32)(H,27,30). The van der Waals surface area contributed by atoms with Crippen molar-refractivity contribution in [3.63, 3.8) is 0 Å². The van der Waals surface area contributed by atoms with Crippen LogP contribution in [0.3, 0.4) is 0 Å². The van der Waals surface area contributed by atoms with Crippen LogP contribution in [-0.4, -0.2) is 58.2 Å². The lowest BCUT2D eigenvalue weighted by Gasteiger charge is -2.36. The highest BCUT2D eigenvalue weighted by atomic mass is 16.6. The average Bonchev–Trinajstić information content (AvgIpc) is 2.63. The second kappa shape index (κ2) is 11.5. The molecule has 0 heterocycles. The number of aliphatic hydroxyl groups excluding tert-OH is 1. The summed E-state index contributed by atoms with van der Waals surface area (Å²) in [5.74, 6) is -0.885. The highest BCUT2D eigenvalue weighted by Gasteiger charge is 2.37.